The van der Waals surface area contributed by atoms with E-state index in [0.29, 0.717) is 33.0 Å². The van der Waals surface area contributed by atoms with Crippen molar-refractivity contribution in [1.29, 1.82) is 0 Å². The molecule has 28 heavy (non-hydrogen) atoms. The monoisotopic (exact) mass is 436 g/mol. The van der Waals surface area contributed by atoms with Gasteiger partial charge in [0.2, 0.25) is 0 Å². The summed E-state index contributed by atoms with van der Waals surface area (Å²) in [6, 6.07) is 16.8. The van der Waals surface area contributed by atoms with Gasteiger partial charge in [0.15, 0.2) is 0 Å². The predicted octanol–water partition coefficient (Wildman–Crippen LogP) is 6.75. The van der Waals surface area contributed by atoms with E-state index in [-0.39, 0.29) is 12.3 Å². The lowest BCUT2D eigenvalue weighted by molar-refractivity contribution is -0.384. The van der Waals surface area contributed by atoms with Crippen LogP contribution >= 0.6 is 34.8 Å². The van der Waals surface area contributed by atoms with E-state index in [0.717, 1.165) is 11.1 Å². The lowest BCUT2D eigenvalue weighted by atomic mass is 10.2. The van der Waals surface area contributed by atoms with E-state index in [1.165, 1.54) is 12.1 Å². The summed E-state index contributed by atoms with van der Waals surface area (Å²) < 4.78 is 5.91. The van der Waals surface area contributed by atoms with Crippen LogP contribution in [0.2, 0.25) is 15.1 Å². The van der Waals surface area contributed by atoms with E-state index in [9.17, 15) is 10.1 Å². The molecule has 0 aromatic heterocycles. The third kappa shape index (κ3) is 5.29. The molecule has 3 rings (SSSR count). The average Bonchev–Trinajstić information content (AvgIpc) is 2.67. The predicted molar refractivity (Wildman–Crippen MR) is 113 cm³/mol. The van der Waals surface area contributed by atoms with E-state index in [2.05, 4.69) is 5.32 Å². The Morgan fingerprint density at radius 1 is 0.929 bits per heavy atom. The van der Waals surface area contributed by atoms with Crippen LogP contribution in [0, 0.1) is 10.1 Å². The Morgan fingerprint density at radius 2 is 1.68 bits per heavy atom. The molecule has 0 heterocycles. The molecule has 8 heteroatoms. The van der Waals surface area contributed by atoms with Crippen LogP contribution in [0.4, 0.5) is 11.4 Å². The Bertz CT molecular complexity index is 1010. The van der Waals surface area contributed by atoms with Gasteiger partial charge in [-0.05, 0) is 36.4 Å². The highest BCUT2D eigenvalue weighted by Crippen LogP contribution is 2.27. The maximum Gasteiger partial charge on any atom is 0.271 e. The normalized spacial score (nSPS) is 10.5. The number of rotatable bonds is 7. The summed E-state index contributed by atoms with van der Waals surface area (Å²) in [6.45, 7) is 0.646. The number of anilines is 1. The average molecular weight is 438 g/mol. The van der Waals surface area contributed by atoms with Crippen LogP contribution in [0.15, 0.2) is 60.7 Å². The molecule has 0 unspecified atom stereocenters. The summed E-state index contributed by atoms with van der Waals surface area (Å²) in [5, 5.41) is 15.7. The number of hydrogen-bond donors (Lipinski definition) is 1. The molecule has 1 N–H and O–H groups in total. The zero-order chi connectivity index (χ0) is 20.1. The van der Waals surface area contributed by atoms with Gasteiger partial charge in [0.25, 0.3) is 5.69 Å². The van der Waals surface area contributed by atoms with Crippen LogP contribution in [-0.2, 0) is 13.2 Å². The van der Waals surface area contributed by atoms with Gasteiger partial charge in [-0.3, -0.25) is 10.1 Å². The maximum atomic E-state index is 10.9. The smallest absolute Gasteiger partial charge is 0.271 e. The molecule has 0 atom stereocenters. The Balaban J connectivity index is 1.73. The fourth-order valence-electron chi connectivity index (χ4n) is 2.55. The quantitative estimate of drug-likeness (QED) is 0.328. The van der Waals surface area contributed by atoms with Crippen molar-refractivity contribution in [1.82, 2.24) is 0 Å². The number of non-ortho nitro benzene ring substituents is 1. The number of nitrogens with zero attached hydrogens (tertiary/aromatic N) is 1. The zero-order valence-electron chi connectivity index (χ0n) is 14.5. The minimum Gasteiger partial charge on any atom is -0.488 e. The molecule has 0 spiro atoms. The zero-order valence-corrected chi connectivity index (χ0v) is 16.8. The molecule has 0 saturated heterocycles. The number of nitro groups is 1. The highest BCUT2D eigenvalue weighted by Gasteiger charge is 2.09. The Kier molecular flexibility index (Phi) is 6.62. The van der Waals surface area contributed by atoms with Crippen molar-refractivity contribution in [3.63, 3.8) is 0 Å². The van der Waals surface area contributed by atoms with Gasteiger partial charge >= 0.3 is 0 Å². The van der Waals surface area contributed by atoms with Crippen LogP contribution in [0.1, 0.15) is 11.1 Å². The largest absolute Gasteiger partial charge is 0.488 e. The molecule has 0 radical (unpaired) electrons. The number of nitro benzene ring substituents is 1. The van der Waals surface area contributed by atoms with Crippen molar-refractivity contribution in [3.8, 4) is 5.75 Å². The second-order valence-electron chi connectivity index (χ2n) is 5.94. The third-order valence-electron chi connectivity index (χ3n) is 3.96. The van der Waals surface area contributed by atoms with Crippen molar-refractivity contribution < 1.29 is 9.66 Å². The topological polar surface area (TPSA) is 64.4 Å². The molecule has 5 nitrogen and oxygen atoms in total. The molecule has 0 aliphatic rings. The summed E-state index contributed by atoms with van der Waals surface area (Å²) in [6.07, 6.45) is 0. The van der Waals surface area contributed by atoms with Gasteiger partial charge in [-0.2, -0.15) is 0 Å². The first-order valence-corrected chi connectivity index (χ1v) is 9.39. The maximum absolute atomic E-state index is 10.9. The van der Waals surface area contributed by atoms with Gasteiger partial charge in [0.05, 0.1) is 4.92 Å². The van der Waals surface area contributed by atoms with Crippen LogP contribution in [0.25, 0.3) is 0 Å². The Hall–Kier alpha value is -2.47. The molecule has 0 bridgehead atoms. The Morgan fingerprint density at radius 3 is 2.43 bits per heavy atom. The van der Waals surface area contributed by atoms with E-state index in [1.807, 2.05) is 6.07 Å². The molecule has 3 aromatic carbocycles. The second kappa shape index (κ2) is 9.15. The number of ether oxygens (including phenoxy) is 1. The standard InChI is InChI=1S/C20H15Cl3N2O3/c21-15-6-7-20(28-12-13-4-5-16(22)9-19(13)23)14(8-15)11-24-17-2-1-3-18(10-17)25(26)27/h1-10,24H,11-12H2. The van der Waals surface area contributed by atoms with E-state index in [4.69, 9.17) is 39.5 Å². The first kappa shape index (κ1) is 20.3. The first-order valence-electron chi connectivity index (χ1n) is 8.26. The summed E-state index contributed by atoms with van der Waals surface area (Å²) in [7, 11) is 0. The van der Waals surface area contributed by atoms with Crippen molar-refractivity contribution >= 4 is 46.2 Å². The fourth-order valence-corrected chi connectivity index (χ4v) is 3.21. The lowest BCUT2D eigenvalue weighted by Gasteiger charge is -2.14. The summed E-state index contributed by atoms with van der Waals surface area (Å²) >= 11 is 18.2. The van der Waals surface area contributed by atoms with Crippen LogP contribution in [-0.4, -0.2) is 4.92 Å². The molecular weight excluding hydrogens is 423 g/mol. The van der Waals surface area contributed by atoms with Crippen LogP contribution < -0.4 is 10.1 Å². The number of halogens is 3. The van der Waals surface area contributed by atoms with Crippen molar-refractivity contribution in [3.05, 3.63) is 97.0 Å². The van der Waals surface area contributed by atoms with Gasteiger partial charge in [-0.1, -0.05) is 46.9 Å². The van der Waals surface area contributed by atoms with Crippen molar-refractivity contribution in [2.75, 3.05) is 5.32 Å². The number of nitrogens with one attached hydrogen (secondary N) is 1. The summed E-state index contributed by atoms with van der Waals surface area (Å²) in [5.41, 5.74) is 2.26. The summed E-state index contributed by atoms with van der Waals surface area (Å²) in [4.78, 5) is 10.5. The fraction of sp³-hybridized carbons (Fsp3) is 0.100. The number of benzene rings is 3. The lowest BCUT2D eigenvalue weighted by Crippen LogP contribution is -2.04. The molecule has 0 amide bonds. The van der Waals surface area contributed by atoms with Crippen LogP contribution in [0.3, 0.4) is 0 Å². The molecule has 0 saturated carbocycles. The van der Waals surface area contributed by atoms with E-state index >= 15 is 0 Å². The van der Waals surface area contributed by atoms with Gasteiger partial charge < -0.3 is 10.1 Å². The van der Waals surface area contributed by atoms with Gasteiger partial charge in [-0.15, -0.1) is 0 Å². The first-order chi connectivity index (χ1) is 13.4. The highest BCUT2D eigenvalue weighted by atomic mass is 35.5. The molecule has 3 aromatic rings. The minimum atomic E-state index is -0.436. The van der Waals surface area contributed by atoms with E-state index < -0.39 is 4.92 Å². The Labute approximate surface area is 177 Å². The molecule has 0 aliphatic carbocycles. The van der Waals surface area contributed by atoms with Gasteiger partial charge in [-0.25, -0.2) is 0 Å². The van der Waals surface area contributed by atoms with Gasteiger partial charge in [0.1, 0.15) is 12.4 Å². The van der Waals surface area contributed by atoms with E-state index in [1.54, 1.807) is 42.5 Å². The van der Waals surface area contributed by atoms with Crippen LogP contribution in [0.5, 0.6) is 5.75 Å². The minimum absolute atomic E-state index is 0.0185. The summed E-state index contributed by atoms with van der Waals surface area (Å²) in [5.74, 6) is 0.633. The SMILES string of the molecule is O=[N+]([O-])c1cccc(NCc2cc(Cl)ccc2OCc2ccc(Cl)cc2Cl)c1. The molecular formula is C20H15Cl3N2O3. The number of hydrogen-bond acceptors (Lipinski definition) is 4. The van der Waals surface area contributed by atoms with Crippen molar-refractivity contribution in [2.45, 2.75) is 13.2 Å². The molecule has 144 valence electrons. The van der Waals surface area contributed by atoms with Crippen molar-refractivity contribution in [2.24, 2.45) is 0 Å². The second-order valence-corrected chi connectivity index (χ2v) is 7.22. The molecule has 0 aliphatic heterocycles. The van der Waals surface area contributed by atoms with Gasteiger partial charge in [0, 0.05) is 50.6 Å². The molecule has 0 fully saturated rings. The highest BCUT2D eigenvalue weighted by molar-refractivity contribution is 6.35. The third-order valence-corrected chi connectivity index (χ3v) is 4.78.